The summed E-state index contributed by atoms with van der Waals surface area (Å²) < 4.78 is 0. The van der Waals surface area contributed by atoms with Crippen LogP contribution in [0.5, 0.6) is 0 Å². The molecule has 0 radical (unpaired) electrons. The van der Waals surface area contributed by atoms with Gasteiger partial charge in [-0.15, -0.1) is 12.4 Å². The maximum absolute atomic E-state index is 10.9. The number of unbranched alkanes of at least 4 members (excludes halogenated alkanes) is 2. The monoisotopic (exact) mass is 310 g/mol. The van der Waals surface area contributed by atoms with E-state index in [9.17, 15) is 4.79 Å². The van der Waals surface area contributed by atoms with Crippen LogP contribution in [0.3, 0.4) is 0 Å². The molecule has 2 rings (SSSR count). The van der Waals surface area contributed by atoms with Crippen LogP contribution in [0, 0.1) is 5.92 Å². The second-order valence-electron chi connectivity index (χ2n) is 6.14. The molecule has 3 heteroatoms. The minimum atomic E-state index is -0.837. The van der Waals surface area contributed by atoms with E-state index in [1.807, 2.05) is 12.1 Å². The fourth-order valence-electron chi connectivity index (χ4n) is 3.37. The lowest BCUT2D eigenvalue weighted by molar-refractivity contribution is 0.0697. The van der Waals surface area contributed by atoms with Gasteiger partial charge in [0.1, 0.15) is 0 Å². The predicted octanol–water partition coefficient (Wildman–Crippen LogP) is 5.66. The molecule has 0 atom stereocenters. The Kier molecular flexibility index (Phi) is 7.81. The fraction of sp³-hybridized carbons (Fsp3) is 0.611. The predicted molar refractivity (Wildman–Crippen MR) is 89.5 cm³/mol. The van der Waals surface area contributed by atoms with Gasteiger partial charge in [-0.3, -0.25) is 0 Å². The molecule has 1 N–H and O–H groups in total. The maximum atomic E-state index is 10.9. The molecule has 1 saturated carbocycles. The van der Waals surface area contributed by atoms with Crippen LogP contribution in [0.2, 0.25) is 0 Å². The standard InChI is InChI=1S/C18H26O2.ClH/c1-2-3-4-5-14-6-8-15(9-7-14)16-10-12-17(13-11-16)18(19)20;/h10-15H,2-9H2,1H3,(H,19,20);1H/t14-,15-;. The third kappa shape index (κ3) is 5.35. The number of aromatic carboxylic acids is 1. The SMILES string of the molecule is CCCCC[C@H]1CC[C@H](c2ccc(C(=O)O)cc2)CC1.Cl. The van der Waals surface area contributed by atoms with Crippen molar-refractivity contribution < 1.29 is 9.90 Å². The van der Waals surface area contributed by atoms with E-state index < -0.39 is 5.97 Å². The van der Waals surface area contributed by atoms with Gasteiger partial charge in [0.25, 0.3) is 0 Å². The van der Waals surface area contributed by atoms with Crippen LogP contribution in [-0.4, -0.2) is 11.1 Å². The molecular formula is C18H27ClO2. The van der Waals surface area contributed by atoms with Crippen LogP contribution in [0.1, 0.15) is 80.1 Å². The van der Waals surface area contributed by atoms with Crippen molar-refractivity contribution in [2.45, 2.75) is 64.2 Å². The number of carbonyl (C=O) groups is 1. The topological polar surface area (TPSA) is 37.3 Å². The van der Waals surface area contributed by atoms with Crippen molar-refractivity contribution in [2.24, 2.45) is 5.92 Å². The molecule has 0 amide bonds. The second kappa shape index (κ2) is 9.09. The summed E-state index contributed by atoms with van der Waals surface area (Å²) in [6.07, 6.45) is 10.7. The summed E-state index contributed by atoms with van der Waals surface area (Å²) in [5.41, 5.74) is 1.71. The lowest BCUT2D eigenvalue weighted by Crippen LogP contribution is -2.13. The molecule has 0 heterocycles. The largest absolute Gasteiger partial charge is 0.478 e. The van der Waals surface area contributed by atoms with Crippen molar-refractivity contribution in [3.05, 3.63) is 35.4 Å². The third-order valence-electron chi connectivity index (χ3n) is 4.69. The lowest BCUT2D eigenvalue weighted by Gasteiger charge is -2.29. The van der Waals surface area contributed by atoms with Gasteiger partial charge in [0, 0.05) is 0 Å². The van der Waals surface area contributed by atoms with Crippen LogP contribution in [0.4, 0.5) is 0 Å². The van der Waals surface area contributed by atoms with Crippen molar-refractivity contribution in [3.8, 4) is 0 Å². The highest BCUT2D eigenvalue weighted by atomic mass is 35.5. The molecule has 0 aliphatic heterocycles. The van der Waals surface area contributed by atoms with Gasteiger partial charge in [-0.25, -0.2) is 4.79 Å². The average molecular weight is 311 g/mol. The highest BCUT2D eigenvalue weighted by molar-refractivity contribution is 5.87. The average Bonchev–Trinajstić information content (AvgIpc) is 2.48. The van der Waals surface area contributed by atoms with E-state index in [2.05, 4.69) is 6.92 Å². The molecule has 118 valence electrons. The van der Waals surface area contributed by atoms with E-state index in [-0.39, 0.29) is 12.4 Å². The number of benzene rings is 1. The molecule has 0 saturated heterocycles. The summed E-state index contributed by atoms with van der Waals surface area (Å²) in [4.78, 5) is 10.9. The van der Waals surface area contributed by atoms with Crippen molar-refractivity contribution in [3.63, 3.8) is 0 Å². The summed E-state index contributed by atoms with van der Waals surface area (Å²) in [7, 11) is 0. The smallest absolute Gasteiger partial charge is 0.335 e. The minimum absolute atomic E-state index is 0. The van der Waals surface area contributed by atoms with Gasteiger partial charge >= 0.3 is 5.97 Å². The zero-order valence-corrected chi connectivity index (χ0v) is 13.7. The van der Waals surface area contributed by atoms with Crippen molar-refractivity contribution >= 4 is 18.4 Å². The quantitative estimate of drug-likeness (QED) is 0.688. The van der Waals surface area contributed by atoms with E-state index >= 15 is 0 Å². The normalized spacial score (nSPS) is 21.6. The van der Waals surface area contributed by atoms with Crippen LogP contribution in [-0.2, 0) is 0 Å². The van der Waals surface area contributed by atoms with Gasteiger partial charge < -0.3 is 5.11 Å². The van der Waals surface area contributed by atoms with E-state index in [0.717, 1.165) is 5.92 Å². The first-order valence-corrected chi connectivity index (χ1v) is 8.04. The Balaban J connectivity index is 0.00000220. The Morgan fingerprint density at radius 1 is 1.10 bits per heavy atom. The van der Waals surface area contributed by atoms with Crippen molar-refractivity contribution in [1.82, 2.24) is 0 Å². The molecule has 0 aromatic heterocycles. The van der Waals surface area contributed by atoms with Gasteiger partial charge in [0.05, 0.1) is 5.56 Å². The van der Waals surface area contributed by atoms with Crippen molar-refractivity contribution in [1.29, 1.82) is 0 Å². The van der Waals surface area contributed by atoms with Crippen LogP contribution in [0.15, 0.2) is 24.3 Å². The van der Waals surface area contributed by atoms with Gasteiger partial charge in [-0.05, 0) is 55.2 Å². The summed E-state index contributed by atoms with van der Waals surface area (Å²) >= 11 is 0. The summed E-state index contributed by atoms with van der Waals surface area (Å²) in [6.45, 7) is 2.26. The Labute approximate surface area is 134 Å². The maximum Gasteiger partial charge on any atom is 0.335 e. The minimum Gasteiger partial charge on any atom is -0.478 e. The Hall–Kier alpha value is -1.02. The summed E-state index contributed by atoms with van der Waals surface area (Å²) in [5, 5.41) is 8.92. The number of hydrogen-bond donors (Lipinski definition) is 1. The van der Waals surface area contributed by atoms with E-state index in [0.29, 0.717) is 11.5 Å². The number of rotatable bonds is 6. The molecule has 2 nitrogen and oxygen atoms in total. The third-order valence-corrected chi connectivity index (χ3v) is 4.69. The zero-order valence-electron chi connectivity index (χ0n) is 12.9. The molecule has 0 spiro atoms. The number of hydrogen-bond acceptors (Lipinski definition) is 1. The van der Waals surface area contributed by atoms with E-state index in [4.69, 9.17) is 5.11 Å². The Bertz CT molecular complexity index is 419. The highest BCUT2D eigenvalue weighted by Gasteiger charge is 2.22. The van der Waals surface area contributed by atoms with Crippen LogP contribution >= 0.6 is 12.4 Å². The molecule has 1 aromatic rings. The Morgan fingerprint density at radius 3 is 2.24 bits per heavy atom. The molecule has 21 heavy (non-hydrogen) atoms. The first kappa shape index (κ1) is 18.0. The number of halogens is 1. The lowest BCUT2D eigenvalue weighted by atomic mass is 9.77. The Morgan fingerprint density at radius 2 is 1.71 bits per heavy atom. The molecular weight excluding hydrogens is 284 g/mol. The highest BCUT2D eigenvalue weighted by Crippen LogP contribution is 2.37. The molecule has 1 aliphatic rings. The molecule has 0 unspecified atom stereocenters. The van der Waals surface area contributed by atoms with Gasteiger partial charge in [-0.1, -0.05) is 44.7 Å². The first-order valence-electron chi connectivity index (χ1n) is 8.04. The van der Waals surface area contributed by atoms with Gasteiger partial charge in [-0.2, -0.15) is 0 Å². The summed E-state index contributed by atoms with van der Waals surface area (Å²) in [6, 6.07) is 7.49. The van der Waals surface area contributed by atoms with Gasteiger partial charge in [0.15, 0.2) is 0 Å². The summed E-state index contributed by atoms with van der Waals surface area (Å²) in [5.74, 6) is 0.729. The molecule has 1 fully saturated rings. The second-order valence-corrected chi connectivity index (χ2v) is 6.14. The first-order chi connectivity index (χ1) is 9.70. The van der Waals surface area contributed by atoms with Crippen LogP contribution < -0.4 is 0 Å². The molecule has 0 bridgehead atoms. The van der Waals surface area contributed by atoms with Crippen LogP contribution in [0.25, 0.3) is 0 Å². The van der Waals surface area contributed by atoms with Crippen molar-refractivity contribution in [2.75, 3.05) is 0 Å². The zero-order chi connectivity index (χ0) is 14.4. The fourth-order valence-corrected chi connectivity index (χ4v) is 3.37. The van der Waals surface area contributed by atoms with E-state index in [1.54, 1.807) is 12.1 Å². The van der Waals surface area contributed by atoms with E-state index in [1.165, 1.54) is 56.9 Å². The molecule has 1 aliphatic carbocycles. The van der Waals surface area contributed by atoms with Gasteiger partial charge in [0.2, 0.25) is 0 Å². The molecule has 1 aromatic carbocycles. The number of carboxylic acid groups (broad SMARTS) is 1. The number of carboxylic acids is 1.